The van der Waals surface area contributed by atoms with Gasteiger partial charge in [-0.1, -0.05) is 12.7 Å². The standard InChI is InChI=1S/C13H18O5/c1-4-11(14)5-7-12(15-2)13(16-3,8-6-11)18-10-9-17-12/h4-8,14H,1,9-10H2,2-3H3/t12-,13-/m1/s1. The molecule has 1 heterocycles. The predicted octanol–water partition coefficient (Wildman–Crippen LogP) is 0.762. The fraction of sp³-hybridized carbons (Fsp3) is 0.538. The SMILES string of the molecule is C=CC1(O)C=C[C@@]2(OC)OCCO[C@]2(OC)C=C1. The van der Waals surface area contributed by atoms with Crippen molar-refractivity contribution in [3.8, 4) is 0 Å². The molecule has 0 bridgehead atoms. The number of aliphatic hydroxyl groups is 1. The van der Waals surface area contributed by atoms with Gasteiger partial charge in [0.25, 0.3) is 0 Å². The minimum absolute atomic E-state index is 0.379. The van der Waals surface area contributed by atoms with E-state index >= 15 is 0 Å². The lowest BCUT2D eigenvalue weighted by atomic mass is 10.0. The molecule has 1 N–H and O–H groups in total. The van der Waals surface area contributed by atoms with Gasteiger partial charge in [0.15, 0.2) is 0 Å². The van der Waals surface area contributed by atoms with Crippen molar-refractivity contribution in [2.75, 3.05) is 27.4 Å². The smallest absolute Gasteiger partial charge is 0.248 e. The Balaban J connectivity index is 2.53. The highest BCUT2D eigenvalue weighted by Crippen LogP contribution is 2.40. The lowest BCUT2D eigenvalue weighted by Gasteiger charge is -2.46. The van der Waals surface area contributed by atoms with Crippen LogP contribution in [0, 0.1) is 0 Å². The monoisotopic (exact) mass is 254 g/mol. The molecule has 100 valence electrons. The first-order valence-corrected chi connectivity index (χ1v) is 5.70. The van der Waals surface area contributed by atoms with Crippen LogP contribution in [0.15, 0.2) is 37.0 Å². The molecule has 18 heavy (non-hydrogen) atoms. The van der Waals surface area contributed by atoms with Crippen LogP contribution in [-0.4, -0.2) is 49.7 Å². The lowest BCUT2D eigenvalue weighted by Crippen LogP contribution is -2.61. The number of ether oxygens (including phenoxy) is 4. The first-order chi connectivity index (χ1) is 8.55. The highest BCUT2D eigenvalue weighted by atomic mass is 16.8. The van der Waals surface area contributed by atoms with Crippen LogP contribution in [0.4, 0.5) is 0 Å². The van der Waals surface area contributed by atoms with E-state index in [1.807, 2.05) is 0 Å². The zero-order valence-electron chi connectivity index (χ0n) is 10.6. The van der Waals surface area contributed by atoms with Crippen molar-refractivity contribution in [3.63, 3.8) is 0 Å². The van der Waals surface area contributed by atoms with E-state index in [-0.39, 0.29) is 0 Å². The second-order valence-electron chi connectivity index (χ2n) is 4.20. The van der Waals surface area contributed by atoms with E-state index in [9.17, 15) is 5.11 Å². The van der Waals surface area contributed by atoms with E-state index in [0.717, 1.165) is 0 Å². The zero-order valence-corrected chi connectivity index (χ0v) is 10.6. The molecule has 1 aliphatic carbocycles. The second kappa shape index (κ2) is 4.60. The number of rotatable bonds is 3. The van der Waals surface area contributed by atoms with E-state index in [2.05, 4.69) is 6.58 Å². The first-order valence-electron chi connectivity index (χ1n) is 5.70. The van der Waals surface area contributed by atoms with E-state index in [1.54, 1.807) is 12.2 Å². The number of fused-ring (bicyclic) bond motifs is 1. The lowest BCUT2D eigenvalue weighted by molar-refractivity contribution is -0.389. The van der Waals surface area contributed by atoms with Gasteiger partial charge in [0.1, 0.15) is 5.60 Å². The Hall–Kier alpha value is -0.980. The third-order valence-electron chi connectivity index (χ3n) is 3.27. The Morgan fingerprint density at radius 3 is 1.83 bits per heavy atom. The molecule has 1 saturated heterocycles. The molecular formula is C13H18O5. The topological polar surface area (TPSA) is 57.2 Å². The molecule has 0 amide bonds. The molecule has 0 unspecified atom stereocenters. The van der Waals surface area contributed by atoms with Gasteiger partial charge in [0.2, 0.25) is 11.6 Å². The second-order valence-corrected chi connectivity index (χ2v) is 4.20. The molecule has 1 fully saturated rings. The largest absolute Gasteiger partial charge is 0.378 e. The van der Waals surface area contributed by atoms with Gasteiger partial charge in [0, 0.05) is 14.2 Å². The number of methoxy groups -OCH3 is 2. The fourth-order valence-electron chi connectivity index (χ4n) is 2.13. The van der Waals surface area contributed by atoms with E-state index in [1.165, 1.54) is 32.4 Å². The van der Waals surface area contributed by atoms with Crippen LogP contribution in [0.5, 0.6) is 0 Å². The van der Waals surface area contributed by atoms with E-state index in [0.29, 0.717) is 13.2 Å². The Bertz CT molecular complexity index is 359. The highest BCUT2D eigenvalue weighted by molar-refractivity contribution is 5.31. The molecule has 0 aromatic rings. The Morgan fingerprint density at radius 2 is 1.50 bits per heavy atom. The molecule has 0 spiro atoms. The first kappa shape index (κ1) is 13.5. The van der Waals surface area contributed by atoms with E-state index < -0.39 is 17.2 Å². The van der Waals surface area contributed by atoms with Crippen molar-refractivity contribution in [2.24, 2.45) is 0 Å². The van der Waals surface area contributed by atoms with Crippen LogP contribution in [0.25, 0.3) is 0 Å². The third-order valence-corrected chi connectivity index (χ3v) is 3.27. The molecule has 5 nitrogen and oxygen atoms in total. The molecule has 2 aliphatic rings. The van der Waals surface area contributed by atoms with Crippen molar-refractivity contribution in [2.45, 2.75) is 17.2 Å². The minimum atomic E-state index is -1.28. The normalized spacial score (nSPS) is 37.9. The van der Waals surface area contributed by atoms with Crippen molar-refractivity contribution >= 4 is 0 Å². The van der Waals surface area contributed by atoms with Crippen LogP contribution >= 0.6 is 0 Å². The zero-order chi connectivity index (χ0) is 13.3. The van der Waals surface area contributed by atoms with Crippen molar-refractivity contribution in [1.29, 1.82) is 0 Å². The molecule has 1 aliphatic heterocycles. The van der Waals surface area contributed by atoms with Gasteiger partial charge in [-0.05, 0) is 24.3 Å². The summed E-state index contributed by atoms with van der Waals surface area (Å²) in [6.07, 6.45) is 7.67. The molecule has 0 saturated carbocycles. The summed E-state index contributed by atoms with van der Waals surface area (Å²) < 4.78 is 22.2. The molecule has 2 rings (SSSR count). The maximum atomic E-state index is 10.2. The van der Waals surface area contributed by atoms with Crippen LogP contribution in [0.2, 0.25) is 0 Å². The Kier molecular flexibility index (Phi) is 3.44. The van der Waals surface area contributed by atoms with Crippen molar-refractivity contribution in [3.05, 3.63) is 37.0 Å². The predicted molar refractivity (Wildman–Crippen MR) is 64.8 cm³/mol. The summed E-state index contributed by atoms with van der Waals surface area (Å²) in [5, 5.41) is 10.2. The van der Waals surface area contributed by atoms with Gasteiger partial charge in [0.05, 0.1) is 13.2 Å². The Labute approximate surface area is 106 Å². The number of hydrogen-bond acceptors (Lipinski definition) is 5. The fourth-order valence-corrected chi connectivity index (χ4v) is 2.13. The van der Waals surface area contributed by atoms with E-state index in [4.69, 9.17) is 18.9 Å². The highest BCUT2D eigenvalue weighted by Gasteiger charge is 2.56. The number of hydrogen-bond donors (Lipinski definition) is 1. The van der Waals surface area contributed by atoms with Gasteiger partial charge in [-0.2, -0.15) is 0 Å². The van der Waals surface area contributed by atoms with Gasteiger partial charge >= 0.3 is 0 Å². The van der Waals surface area contributed by atoms with Gasteiger partial charge in [-0.15, -0.1) is 0 Å². The Morgan fingerprint density at radius 1 is 1.06 bits per heavy atom. The summed E-state index contributed by atoms with van der Waals surface area (Å²) in [6, 6.07) is 0. The average molecular weight is 254 g/mol. The van der Waals surface area contributed by atoms with Crippen LogP contribution in [-0.2, 0) is 18.9 Å². The van der Waals surface area contributed by atoms with Crippen LogP contribution < -0.4 is 0 Å². The quantitative estimate of drug-likeness (QED) is 0.754. The molecule has 0 aromatic heterocycles. The molecule has 0 radical (unpaired) electrons. The van der Waals surface area contributed by atoms with Crippen molar-refractivity contribution in [1.82, 2.24) is 0 Å². The van der Waals surface area contributed by atoms with Crippen LogP contribution in [0.1, 0.15) is 0 Å². The minimum Gasteiger partial charge on any atom is -0.378 e. The van der Waals surface area contributed by atoms with Gasteiger partial charge in [-0.25, -0.2) is 0 Å². The van der Waals surface area contributed by atoms with Crippen LogP contribution in [0.3, 0.4) is 0 Å². The third kappa shape index (κ3) is 1.84. The summed E-state index contributed by atoms with van der Waals surface area (Å²) in [7, 11) is 3.00. The maximum Gasteiger partial charge on any atom is 0.248 e. The summed E-state index contributed by atoms with van der Waals surface area (Å²) in [5.74, 6) is -2.44. The van der Waals surface area contributed by atoms with Gasteiger partial charge < -0.3 is 24.1 Å². The molecule has 0 aromatic carbocycles. The molecular weight excluding hydrogens is 236 g/mol. The van der Waals surface area contributed by atoms with Crippen molar-refractivity contribution < 1.29 is 24.1 Å². The van der Waals surface area contributed by atoms with Gasteiger partial charge in [-0.3, -0.25) is 0 Å². The summed E-state index contributed by atoms with van der Waals surface area (Å²) in [6.45, 7) is 4.35. The maximum absolute atomic E-state index is 10.2. The summed E-state index contributed by atoms with van der Waals surface area (Å²) in [4.78, 5) is 0. The summed E-state index contributed by atoms with van der Waals surface area (Å²) >= 11 is 0. The average Bonchev–Trinajstić information content (AvgIpc) is 2.56. The summed E-state index contributed by atoms with van der Waals surface area (Å²) in [5.41, 5.74) is -1.28. The molecule has 2 atom stereocenters. The molecule has 5 heteroatoms.